The Hall–Kier alpha value is -1.39. The lowest BCUT2D eigenvalue weighted by Gasteiger charge is -2.60. The fourth-order valence-corrected chi connectivity index (χ4v) is 10.5. The summed E-state index contributed by atoms with van der Waals surface area (Å²) in [7, 11) is 0. The van der Waals surface area contributed by atoms with Gasteiger partial charge in [-0.25, -0.2) is 4.79 Å². The van der Waals surface area contributed by atoms with Gasteiger partial charge in [-0.1, -0.05) is 72.1 Å². The van der Waals surface area contributed by atoms with Gasteiger partial charge in [-0.2, -0.15) is 0 Å². The lowest BCUT2D eigenvalue weighted by molar-refractivity contribution is -0.151. The van der Waals surface area contributed by atoms with Crippen molar-refractivity contribution in [3.63, 3.8) is 0 Å². The van der Waals surface area contributed by atoms with Gasteiger partial charge in [-0.3, -0.25) is 0 Å². The van der Waals surface area contributed by atoms with Gasteiger partial charge >= 0.3 is 5.97 Å². The van der Waals surface area contributed by atoms with E-state index in [-0.39, 0.29) is 29.2 Å². The number of rotatable bonds is 7. The Bertz CT molecular complexity index is 1020. The second-order valence-corrected chi connectivity index (χ2v) is 14.8. The molecule has 1 N–H and O–H groups in total. The summed E-state index contributed by atoms with van der Waals surface area (Å²) in [4.78, 5) is 12.8. The van der Waals surface area contributed by atoms with Crippen molar-refractivity contribution in [1.82, 2.24) is 0 Å². The van der Waals surface area contributed by atoms with Crippen LogP contribution in [0.3, 0.4) is 0 Å². The number of hydrogen-bond acceptors (Lipinski definition) is 4. The Morgan fingerprint density at radius 1 is 1.03 bits per heavy atom. The van der Waals surface area contributed by atoms with Crippen LogP contribution in [0, 0.1) is 46.3 Å². The van der Waals surface area contributed by atoms with Crippen LogP contribution in [0.4, 0.5) is 0 Å². The highest BCUT2D eigenvalue weighted by molar-refractivity contribution is 5.89. The molecule has 1 heterocycles. The molecule has 4 saturated carbocycles. The third kappa shape index (κ3) is 4.02. The van der Waals surface area contributed by atoms with Crippen molar-refractivity contribution >= 4 is 5.97 Å². The largest absolute Gasteiger partial charge is 0.459 e. The smallest absolute Gasteiger partial charge is 0.338 e. The number of carbonyl (C=O) groups excluding carboxylic acids is 1. The van der Waals surface area contributed by atoms with Crippen LogP contribution < -0.4 is 0 Å². The SMILES string of the molecule is CC(C)CCC[C@@H](C)[C@H]1CC[C@H]2[C@@H]3[C@@H](O)[C@@H]4O[C@@]45C[C@@H](OC(=O)c4ccccc4)CC[C@]5(C)[C@H]3CC[C@]12C. The Morgan fingerprint density at radius 2 is 1.79 bits per heavy atom. The first-order valence-electron chi connectivity index (χ1n) is 15.7. The Labute approximate surface area is 230 Å². The van der Waals surface area contributed by atoms with E-state index in [0.717, 1.165) is 37.0 Å². The number of esters is 1. The van der Waals surface area contributed by atoms with Crippen LogP contribution in [0.2, 0.25) is 0 Å². The molecule has 210 valence electrons. The molecule has 6 rings (SSSR count). The monoisotopic (exact) mass is 522 g/mol. The van der Waals surface area contributed by atoms with E-state index in [0.29, 0.717) is 28.7 Å². The molecular formula is C34H50O4. The number of benzene rings is 1. The fourth-order valence-electron chi connectivity index (χ4n) is 10.5. The highest BCUT2D eigenvalue weighted by Crippen LogP contribution is 2.74. The van der Waals surface area contributed by atoms with Crippen LogP contribution in [0.1, 0.15) is 109 Å². The third-order valence-electron chi connectivity index (χ3n) is 12.6. The summed E-state index contributed by atoms with van der Waals surface area (Å²) in [5.41, 5.74) is 0.673. The first kappa shape index (κ1) is 26.8. The summed E-state index contributed by atoms with van der Waals surface area (Å²) in [5, 5.41) is 11.9. The zero-order valence-corrected chi connectivity index (χ0v) is 24.3. The van der Waals surface area contributed by atoms with Gasteiger partial charge < -0.3 is 14.6 Å². The summed E-state index contributed by atoms with van der Waals surface area (Å²) in [6.07, 6.45) is 11.1. The normalized spacial score (nSPS) is 45.9. The maximum atomic E-state index is 12.8. The van der Waals surface area contributed by atoms with Crippen molar-refractivity contribution < 1.29 is 19.4 Å². The molecule has 4 heteroatoms. The number of carbonyl (C=O) groups is 1. The summed E-state index contributed by atoms with van der Waals surface area (Å²) in [6, 6.07) is 9.30. The number of aliphatic hydroxyl groups is 1. The van der Waals surface area contributed by atoms with Crippen LogP contribution in [0.15, 0.2) is 30.3 Å². The summed E-state index contributed by atoms with van der Waals surface area (Å²) in [5.74, 6) is 3.53. The van der Waals surface area contributed by atoms with Crippen molar-refractivity contribution in [2.45, 2.75) is 123 Å². The molecule has 1 spiro atoms. The van der Waals surface area contributed by atoms with Gasteiger partial charge in [0, 0.05) is 11.8 Å². The standard InChI is InChI=1S/C34H50O4/c1-21(2)10-9-11-22(3)25-14-15-26-28-27(17-18-32(25,26)4)33(5)19-16-24(20-34(33)30(38-34)29(28)35)37-31(36)23-12-7-6-8-13-23/h6-8,12-13,21-22,24-30,35H,9-11,14-20H2,1-5H3/t22-,24+,25-,26+,27+,28+,29-,30+,32-,33-,34+/m1/s1. The van der Waals surface area contributed by atoms with E-state index in [1.54, 1.807) is 0 Å². The third-order valence-corrected chi connectivity index (χ3v) is 12.6. The molecular weight excluding hydrogens is 472 g/mol. The van der Waals surface area contributed by atoms with E-state index in [4.69, 9.17) is 9.47 Å². The highest BCUT2D eigenvalue weighted by atomic mass is 16.6. The Kier molecular flexibility index (Phi) is 6.78. The molecule has 5 aliphatic rings. The minimum atomic E-state index is -0.392. The van der Waals surface area contributed by atoms with E-state index in [9.17, 15) is 9.90 Å². The van der Waals surface area contributed by atoms with Gasteiger partial charge in [0.25, 0.3) is 0 Å². The first-order valence-corrected chi connectivity index (χ1v) is 15.7. The second-order valence-electron chi connectivity index (χ2n) is 14.8. The van der Waals surface area contributed by atoms with Crippen LogP contribution >= 0.6 is 0 Å². The average Bonchev–Trinajstić information content (AvgIpc) is 3.51. The summed E-state index contributed by atoms with van der Waals surface area (Å²) >= 11 is 0. The Balaban J connectivity index is 1.17. The summed E-state index contributed by atoms with van der Waals surface area (Å²) in [6.45, 7) is 12.2. The molecule has 38 heavy (non-hydrogen) atoms. The van der Waals surface area contributed by atoms with E-state index in [1.807, 2.05) is 30.3 Å². The molecule has 0 amide bonds. The lowest BCUT2D eigenvalue weighted by atomic mass is 9.43. The maximum absolute atomic E-state index is 12.8. The molecule has 0 aromatic heterocycles. The lowest BCUT2D eigenvalue weighted by Crippen LogP contribution is -2.63. The van der Waals surface area contributed by atoms with Crippen molar-refractivity contribution in [3.8, 4) is 0 Å². The highest BCUT2D eigenvalue weighted by Gasteiger charge is 2.79. The molecule has 1 aromatic carbocycles. The van der Waals surface area contributed by atoms with Gasteiger partial charge in [0.1, 0.15) is 17.8 Å². The fraction of sp³-hybridized carbons (Fsp3) is 0.794. The van der Waals surface area contributed by atoms with Gasteiger partial charge in [0.05, 0.1) is 11.7 Å². The van der Waals surface area contributed by atoms with Crippen LogP contribution in [-0.4, -0.2) is 35.0 Å². The van der Waals surface area contributed by atoms with Crippen LogP contribution in [0.5, 0.6) is 0 Å². The van der Waals surface area contributed by atoms with Gasteiger partial charge in [-0.15, -0.1) is 0 Å². The Morgan fingerprint density at radius 3 is 2.53 bits per heavy atom. The second kappa shape index (κ2) is 9.61. The molecule has 0 bridgehead atoms. The predicted molar refractivity (Wildman–Crippen MR) is 150 cm³/mol. The zero-order valence-electron chi connectivity index (χ0n) is 24.3. The van der Waals surface area contributed by atoms with Crippen molar-refractivity contribution in [1.29, 1.82) is 0 Å². The van der Waals surface area contributed by atoms with Gasteiger partial charge in [-0.05, 0) is 91.6 Å². The molecule has 11 atom stereocenters. The van der Waals surface area contributed by atoms with Crippen molar-refractivity contribution in [2.24, 2.45) is 46.3 Å². The van der Waals surface area contributed by atoms with Crippen LogP contribution in [-0.2, 0) is 9.47 Å². The zero-order chi connectivity index (χ0) is 26.9. The number of epoxide rings is 1. The van der Waals surface area contributed by atoms with Crippen LogP contribution in [0.25, 0.3) is 0 Å². The molecule has 1 saturated heterocycles. The molecule has 0 radical (unpaired) electrons. The number of aliphatic hydroxyl groups excluding tert-OH is 1. The average molecular weight is 523 g/mol. The maximum Gasteiger partial charge on any atom is 0.338 e. The molecule has 1 aliphatic heterocycles. The minimum Gasteiger partial charge on any atom is -0.459 e. The van der Waals surface area contributed by atoms with E-state index >= 15 is 0 Å². The molecule has 1 aromatic rings. The predicted octanol–water partition coefficient (Wildman–Crippen LogP) is 7.44. The van der Waals surface area contributed by atoms with Gasteiger partial charge in [0.15, 0.2) is 0 Å². The number of ether oxygens (including phenoxy) is 2. The minimum absolute atomic E-state index is 0.0551. The quantitative estimate of drug-likeness (QED) is 0.299. The van der Waals surface area contributed by atoms with Crippen molar-refractivity contribution in [3.05, 3.63) is 35.9 Å². The topological polar surface area (TPSA) is 59.1 Å². The van der Waals surface area contributed by atoms with Gasteiger partial charge in [0.2, 0.25) is 0 Å². The van der Waals surface area contributed by atoms with Crippen molar-refractivity contribution in [2.75, 3.05) is 0 Å². The number of fused-ring (bicyclic) bond motifs is 4. The molecule has 5 fully saturated rings. The van der Waals surface area contributed by atoms with E-state index in [1.165, 1.54) is 44.9 Å². The number of hydrogen-bond donors (Lipinski definition) is 1. The molecule has 0 unspecified atom stereocenters. The van der Waals surface area contributed by atoms with E-state index < -0.39 is 6.10 Å². The molecule has 4 aliphatic carbocycles. The molecule has 4 nitrogen and oxygen atoms in total. The summed E-state index contributed by atoms with van der Waals surface area (Å²) < 4.78 is 12.6. The first-order chi connectivity index (χ1) is 18.1. The van der Waals surface area contributed by atoms with E-state index in [2.05, 4.69) is 34.6 Å².